The average Bonchev–Trinajstić information content (AvgIpc) is 3.17. The smallest absolute Gasteiger partial charge is 0.0577 e. The molecule has 1 nitrogen and oxygen atoms in total. The third-order valence-electron chi connectivity index (χ3n) is 11.1. The third-order valence-corrected chi connectivity index (χ3v) is 11.1. The molecule has 0 saturated heterocycles. The molecule has 3 saturated carbocycles. The summed E-state index contributed by atoms with van der Waals surface area (Å²) in [6, 6.07) is 10.8. The van der Waals surface area contributed by atoms with Crippen molar-refractivity contribution in [2.45, 2.75) is 98.0 Å². The van der Waals surface area contributed by atoms with Gasteiger partial charge in [-0.3, -0.25) is 0 Å². The first-order valence-corrected chi connectivity index (χ1v) is 13.9. The number of fused-ring (bicyclic) bond motifs is 5. The van der Waals surface area contributed by atoms with Crippen LogP contribution in [0.3, 0.4) is 0 Å². The second kappa shape index (κ2) is 9.03. The fraction of sp³-hybridized carbons (Fsp3) is 0.688. The first kappa shape index (κ1) is 23.4. The molecule has 180 valence electrons. The molecule has 1 aromatic carbocycles. The summed E-state index contributed by atoms with van der Waals surface area (Å²) in [5.41, 5.74) is 5.30. The number of aliphatic hydroxyl groups is 1. The lowest BCUT2D eigenvalue weighted by atomic mass is 9.47. The van der Waals surface area contributed by atoms with Crippen LogP contribution in [0.1, 0.15) is 97.5 Å². The largest absolute Gasteiger partial charge is 0.393 e. The van der Waals surface area contributed by atoms with Crippen molar-refractivity contribution in [3.63, 3.8) is 0 Å². The molecule has 4 aliphatic carbocycles. The van der Waals surface area contributed by atoms with E-state index in [1.54, 1.807) is 5.57 Å². The predicted octanol–water partition coefficient (Wildman–Crippen LogP) is 8.45. The van der Waals surface area contributed by atoms with E-state index < -0.39 is 0 Å². The Morgan fingerprint density at radius 3 is 2.64 bits per heavy atom. The Morgan fingerprint density at radius 1 is 1.06 bits per heavy atom. The highest BCUT2D eigenvalue weighted by molar-refractivity contribution is 5.63. The molecular weight excluding hydrogens is 400 g/mol. The Bertz CT molecular complexity index is 896. The molecule has 33 heavy (non-hydrogen) atoms. The van der Waals surface area contributed by atoms with Crippen LogP contribution in [0.5, 0.6) is 0 Å². The molecule has 6 unspecified atom stereocenters. The van der Waals surface area contributed by atoms with Gasteiger partial charge in [-0.2, -0.15) is 0 Å². The van der Waals surface area contributed by atoms with Crippen LogP contribution in [0.25, 0.3) is 5.57 Å². The maximum atomic E-state index is 10.3. The molecule has 0 radical (unpaired) electrons. The Kier molecular flexibility index (Phi) is 6.40. The maximum Gasteiger partial charge on any atom is 0.0577 e. The molecule has 0 amide bonds. The van der Waals surface area contributed by atoms with E-state index in [0.717, 1.165) is 42.4 Å². The van der Waals surface area contributed by atoms with E-state index in [2.05, 4.69) is 70.2 Å². The lowest BCUT2D eigenvalue weighted by Crippen LogP contribution is -2.50. The van der Waals surface area contributed by atoms with Gasteiger partial charge in [-0.15, -0.1) is 0 Å². The van der Waals surface area contributed by atoms with E-state index in [0.29, 0.717) is 10.8 Å². The number of allylic oxidation sites excluding steroid dienone is 3. The molecule has 0 bridgehead atoms. The Labute approximate surface area is 202 Å². The van der Waals surface area contributed by atoms with Crippen molar-refractivity contribution in [2.75, 3.05) is 0 Å². The Morgan fingerprint density at radius 2 is 1.85 bits per heavy atom. The monoisotopic (exact) mass is 446 g/mol. The van der Waals surface area contributed by atoms with E-state index in [9.17, 15) is 5.11 Å². The van der Waals surface area contributed by atoms with Gasteiger partial charge in [-0.05, 0) is 123 Å². The minimum atomic E-state index is -0.0916. The van der Waals surface area contributed by atoms with Gasteiger partial charge >= 0.3 is 0 Å². The van der Waals surface area contributed by atoms with Crippen LogP contribution in [-0.2, 0) is 0 Å². The molecule has 0 aliphatic heterocycles. The highest BCUT2D eigenvalue weighted by atomic mass is 16.3. The summed E-state index contributed by atoms with van der Waals surface area (Å²) in [4.78, 5) is 0. The minimum Gasteiger partial charge on any atom is -0.393 e. The quantitative estimate of drug-likeness (QED) is 0.450. The van der Waals surface area contributed by atoms with Crippen molar-refractivity contribution in [1.82, 2.24) is 0 Å². The minimum absolute atomic E-state index is 0.0916. The molecular formula is C32H46O. The highest BCUT2D eigenvalue weighted by Crippen LogP contribution is 2.67. The van der Waals surface area contributed by atoms with Gasteiger partial charge in [0.05, 0.1) is 6.10 Å². The molecule has 0 heterocycles. The van der Waals surface area contributed by atoms with Gasteiger partial charge in [-0.25, -0.2) is 0 Å². The number of rotatable bonds is 5. The summed E-state index contributed by atoms with van der Waals surface area (Å²) in [6.07, 6.45) is 17.7. The number of aliphatic hydroxyl groups excluding tert-OH is 1. The van der Waals surface area contributed by atoms with Crippen LogP contribution in [-0.4, -0.2) is 11.2 Å². The highest BCUT2D eigenvalue weighted by Gasteiger charge is 2.59. The standard InChI is InChI=1S/C32H46O/c1-22(24-11-6-5-7-12-24)9-8-10-23(2)28-15-16-29-27-14-13-25-21-26(33)17-19-31(25,3)30(27)18-20-32(28,29)4/h5-7,9,11-13,23,26-30,33H,8,10,14-21H2,1-4H3/b22-9+/t23?,26?,27?,28?,29?,30?,31-,32+/m0/s1. The zero-order chi connectivity index (χ0) is 23.2. The number of hydrogen-bond acceptors (Lipinski definition) is 1. The Balaban J connectivity index is 1.26. The normalized spacial score (nSPS) is 41.5. The molecule has 3 fully saturated rings. The topological polar surface area (TPSA) is 20.2 Å². The van der Waals surface area contributed by atoms with Gasteiger partial charge in [0.2, 0.25) is 0 Å². The molecule has 1 N–H and O–H groups in total. The van der Waals surface area contributed by atoms with Crippen LogP contribution in [0.4, 0.5) is 0 Å². The van der Waals surface area contributed by atoms with Gasteiger partial charge in [-0.1, -0.05) is 68.8 Å². The Hall–Kier alpha value is -1.34. The second-order valence-corrected chi connectivity index (χ2v) is 12.7. The fourth-order valence-corrected chi connectivity index (χ4v) is 9.20. The van der Waals surface area contributed by atoms with Crippen molar-refractivity contribution in [3.05, 3.63) is 53.6 Å². The summed E-state index contributed by atoms with van der Waals surface area (Å²) < 4.78 is 0. The molecule has 1 aromatic rings. The second-order valence-electron chi connectivity index (χ2n) is 12.7. The molecule has 5 rings (SSSR count). The molecule has 1 heteroatoms. The van der Waals surface area contributed by atoms with E-state index in [1.807, 2.05) is 0 Å². The van der Waals surface area contributed by atoms with Crippen LogP contribution < -0.4 is 0 Å². The number of benzene rings is 1. The summed E-state index contributed by atoms with van der Waals surface area (Å²) in [6.45, 7) is 10.1. The molecule has 8 atom stereocenters. The predicted molar refractivity (Wildman–Crippen MR) is 140 cm³/mol. The van der Waals surface area contributed by atoms with Crippen molar-refractivity contribution >= 4 is 5.57 Å². The third kappa shape index (κ3) is 4.07. The SMILES string of the molecule is C/C(=C\CCC(C)C1CCC2C3CC=C4CC(O)CC[C@]4(C)C3CC[C@]12C)c1ccccc1. The first-order chi connectivity index (χ1) is 15.8. The maximum absolute atomic E-state index is 10.3. The lowest BCUT2D eigenvalue weighted by Gasteiger charge is -2.58. The zero-order valence-corrected chi connectivity index (χ0v) is 21.5. The summed E-state index contributed by atoms with van der Waals surface area (Å²) in [5.74, 6) is 4.34. The average molecular weight is 447 g/mol. The van der Waals surface area contributed by atoms with Gasteiger partial charge in [0.1, 0.15) is 0 Å². The van der Waals surface area contributed by atoms with E-state index in [-0.39, 0.29) is 6.10 Å². The van der Waals surface area contributed by atoms with Crippen LogP contribution in [0.15, 0.2) is 48.1 Å². The first-order valence-electron chi connectivity index (χ1n) is 13.9. The van der Waals surface area contributed by atoms with Gasteiger partial charge < -0.3 is 5.11 Å². The van der Waals surface area contributed by atoms with Crippen LogP contribution >= 0.6 is 0 Å². The van der Waals surface area contributed by atoms with Crippen LogP contribution in [0.2, 0.25) is 0 Å². The fourth-order valence-electron chi connectivity index (χ4n) is 9.20. The van der Waals surface area contributed by atoms with Crippen LogP contribution in [0, 0.1) is 40.4 Å². The van der Waals surface area contributed by atoms with Crippen molar-refractivity contribution < 1.29 is 5.11 Å². The summed E-state index contributed by atoms with van der Waals surface area (Å²) in [7, 11) is 0. The van der Waals surface area contributed by atoms with Gasteiger partial charge in [0.15, 0.2) is 0 Å². The number of hydrogen-bond donors (Lipinski definition) is 1. The van der Waals surface area contributed by atoms with Crippen molar-refractivity contribution in [1.29, 1.82) is 0 Å². The molecule has 4 aliphatic rings. The summed E-state index contributed by atoms with van der Waals surface area (Å²) in [5, 5.41) is 10.3. The van der Waals surface area contributed by atoms with E-state index in [4.69, 9.17) is 0 Å². The van der Waals surface area contributed by atoms with E-state index >= 15 is 0 Å². The van der Waals surface area contributed by atoms with Crippen molar-refractivity contribution in [3.8, 4) is 0 Å². The van der Waals surface area contributed by atoms with Gasteiger partial charge in [0.25, 0.3) is 0 Å². The zero-order valence-electron chi connectivity index (χ0n) is 21.5. The van der Waals surface area contributed by atoms with Gasteiger partial charge in [0, 0.05) is 0 Å². The lowest BCUT2D eigenvalue weighted by molar-refractivity contribution is -0.0570. The van der Waals surface area contributed by atoms with E-state index in [1.165, 1.54) is 62.5 Å². The molecule has 0 aromatic heterocycles. The summed E-state index contributed by atoms with van der Waals surface area (Å²) >= 11 is 0. The van der Waals surface area contributed by atoms with Crippen molar-refractivity contribution in [2.24, 2.45) is 40.4 Å². The molecule has 0 spiro atoms.